The van der Waals surface area contributed by atoms with Gasteiger partial charge >= 0.3 is 0 Å². The Morgan fingerprint density at radius 3 is 2.32 bits per heavy atom. The lowest BCUT2D eigenvalue weighted by Crippen LogP contribution is -2.27. The van der Waals surface area contributed by atoms with E-state index in [-0.39, 0.29) is 11.9 Å². The molecule has 0 aliphatic heterocycles. The molecule has 1 unspecified atom stereocenters. The maximum Gasteiger partial charge on any atom is 0.270 e. The molecule has 0 saturated carbocycles. The molecule has 1 heterocycles. The molecule has 0 bridgehead atoms. The summed E-state index contributed by atoms with van der Waals surface area (Å²) in [6.07, 6.45) is 0. The molecule has 28 heavy (non-hydrogen) atoms. The Morgan fingerprint density at radius 2 is 1.68 bits per heavy atom. The van der Waals surface area contributed by atoms with Crippen LogP contribution in [0, 0.1) is 6.92 Å². The fourth-order valence-corrected chi connectivity index (χ4v) is 2.81. The summed E-state index contributed by atoms with van der Waals surface area (Å²) in [5, 5.41) is 6.16. The number of benzene rings is 2. The van der Waals surface area contributed by atoms with Crippen LogP contribution in [0.5, 0.6) is 0 Å². The van der Waals surface area contributed by atoms with Gasteiger partial charge in [-0.15, -0.1) is 0 Å². The van der Waals surface area contributed by atoms with Gasteiger partial charge in [0.2, 0.25) is 5.95 Å². The second-order valence-corrected chi connectivity index (χ2v) is 6.89. The SMILES string of the molecule is Cc1cc(C(=O)NC(C)c2ccccc2)nc(Nc2ccc(N(C)C)cc2)n1. The van der Waals surface area contributed by atoms with Gasteiger partial charge in [0.1, 0.15) is 5.69 Å². The highest BCUT2D eigenvalue weighted by Gasteiger charge is 2.14. The minimum atomic E-state index is -0.229. The minimum Gasteiger partial charge on any atom is -0.378 e. The zero-order chi connectivity index (χ0) is 20.1. The van der Waals surface area contributed by atoms with Gasteiger partial charge in [0, 0.05) is 31.2 Å². The molecule has 2 N–H and O–H groups in total. The molecule has 0 fully saturated rings. The molecule has 0 spiro atoms. The molecule has 6 heteroatoms. The molecule has 3 aromatic rings. The molecule has 1 atom stereocenters. The van der Waals surface area contributed by atoms with E-state index in [4.69, 9.17) is 0 Å². The van der Waals surface area contributed by atoms with Crippen LogP contribution in [-0.2, 0) is 0 Å². The van der Waals surface area contributed by atoms with Crippen molar-refractivity contribution >= 4 is 23.2 Å². The maximum absolute atomic E-state index is 12.7. The average Bonchev–Trinajstić information content (AvgIpc) is 2.68. The van der Waals surface area contributed by atoms with Gasteiger partial charge in [0.15, 0.2) is 0 Å². The molecule has 1 aromatic heterocycles. The normalized spacial score (nSPS) is 11.6. The summed E-state index contributed by atoms with van der Waals surface area (Å²) in [6.45, 7) is 3.80. The van der Waals surface area contributed by atoms with E-state index in [0.717, 1.165) is 22.6 Å². The Hall–Kier alpha value is -3.41. The van der Waals surface area contributed by atoms with Crippen LogP contribution in [-0.4, -0.2) is 30.0 Å². The second kappa shape index (κ2) is 8.52. The van der Waals surface area contributed by atoms with Crippen LogP contribution in [0.3, 0.4) is 0 Å². The molecule has 2 aromatic carbocycles. The van der Waals surface area contributed by atoms with Crippen molar-refractivity contribution in [3.8, 4) is 0 Å². The summed E-state index contributed by atoms with van der Waals surface area (Å²) in [4.78, 5) is 23.5. The fourth-order valence-electron chi connectivity index (χ4n) is 2.81. The largest absolute Gasteiger partial charge is 0.378 e. The smallest absolute Gasteiger partial charge is 0.270 e. The molecule has 144 valence electrons. The highest BCUT2D eigenvalue weighted by atomic mass is 16.1. The molecule has 0 aliphatic rings. The number of carbonyl (C=O) groups excluding carboxylic acids is 1. The Bertz CT molecular complexity index is 939. The van der Waals surface area contributed by atoms with Crippen LogP contribution in [0.1, 0.15) is 34.7 Å². The summed E-state index contributed by atoms with van der Waals surface area (Å²) in [5.41, 5.74) is 4.06. The van der Waals surface area contributed by atoms with Gasteiger partial charge in [0.05, 0.1) is 6.04 Å². The minimum absolute atomic E-state index is 0.112. The van der Waals surface area contributed by atoms with E-state index in [1.807, 2.05) is 87.4 Å². The summed E-state index contributed by atoms with van der Waals surface area (Å²) in [6, 6.07) is 19.3. The maximum atomic E-state index is 12.7. The van der Waals surface area contributed by atoms with Crippen LogP contribution >= 0.6 is 0 Å². The number of anilines is 3. The van der Waals surface area contributed by atoms with Crippen LogP contribution < -0.4 is 15.5 Å². The number of amides is 1. The van der Waals surface area contributed by atoms with Crippen molar-refractivity contribution in [1.29, 1.82) is 0 Å². The number of rotatable bonds is 6. The Kier molecular flexibility index (Phi) is 5.89. The van der Waals surface area contributed by atoms with Crippen molar-refractivity contribution < 1.29 is 4.79 Å². The first kappa shape index (κ1) is 19.4. The number of nitrogens with zero attached hydrogens (tertiary/aromatic N) is 3. The highest BCUT2D eigenvalue weighted by Crippen LogP contribution is 2.19. The van der Waals surface area contributed by atoms with E-state index in [2.05, 4.69) is 20.6 Å². The van der Waals surface area contributed by atoms with Gasteiger partial charge in [-0.2, -0.15) is 0 Å². The Morgan fingerprint density at radius 1 is 1.00 bits per heavy atom. The second-order valence-electron chi connectivity index (χ2n) is 6.89. The van der Waals surface area contributed by atoms with Gasteiger partial charge in [-0.1, -0.05) is 30.3 Å². The zero-order valence-electron chi connectivity index (χ0n) is 16.6. The van der Waals surface area contributed by atoms with E-state index < -0.39 is 0 Å². The molecular formula is C22H25N5O. The number of aryl methyl sites for hydroxylation is 1. The van der Waals surface area contributed by atoms with Gasteiger partial charge in [-0.05, 0) is 49.7 Å². The molecular weight excluding hydrogens is 350 g/mol. The lowest BCUT2D eigenvalue weighted by Gasteiger charge is -2.15. The van der Waals surface area contributed by atoms with Crippen LogP contribution in [0.25, 0.3) is 0 Å². The number of hydrogen-bond donors (Lipinski definition) is 2. The molecule has 0 radical (unpaired) electrons. The molecule has 6 nitrogen and oxygen atoms in total. The highest BCUT2D eigenvalue weighted by molar-refractivity contribution is 5.93. The number of hydrogen-bond acceptors (Lipinski definition) is 5. The lowest BCUT2D eigenvalue weighted by molar-refractivity contribution is 0.0934. The summed E-state index contributed by atoms with van der Waals surface area (Å²) in [7, 11) is 3.99. The van der Waals surface area contributed by atoms with E-state index >= 15 is 0 Å². The van der Waals surface area contributed by atoms with E-state index in [1.165, 1.54) is 0 Å². The van der Waals surface area contributed by atoms with Gasteiger partial charge in [-0.25, -0.2) is 9.97 Å². The van der Waals surface area contributed by atoms with E-state index in [9.17, 15) is 4.79 Å². The molecule has 1 amide bonds. The number of nitrogens with one attached hydrogen (secondary N) is 2. The van der Waals surface area contributed by atoms with Crippen molar-refractivity contribution in [2.45, 2.75) is 19.9 Å². The van der Waals surface area contributed by atoms with Crippen molar-refractivity contribution in [1.82, 2.24) is 15.3 Å². The standard InChI is InChI=1S/C22H25N5O/c1-15-14-20(21(28)24-16(2)17-8-6-5-7-9-17)26-22(23-15)25-18-10-12-19(13-11-18)27(3)4/h5-14,16H,1-4H3,(H,24,28)(H,23,25,26). The predicted octanol–water partition coefficient (Wildman–Crippen LogP) is 4.09. The summed E-state index contributed by atoms with van der Waals surface area (Å²) >= 11 is 0. The fraction of sp³-hybridized carbons (Fsp3) is 0.227. The first-order chi connectivity index (χ1) is 13.4. The molecule has 3 rings (SSSR count). The van der Waals surface area contributed by atoms with Gasteiger partial charge < -0.3 is 15.5 Å². The quantitative estimate of drug-likeness (QED) is 0.679. The van der Waals surface area contributed by atoms with Gasteiger partial charge in [-0.3, -0.25) is 4.79 Å². The third-order valence-corrected chi connectivity index (χ3v) is 4.37. The Labute approximate surface area is 165 Å². The summed E-state index contributed by atoms with van der Waals surface area (Å²) in [5.74, 6) is 0.169. The first-order valence-electron chi connectivity index (χ1n) is 9.18. The number of aromatic nitrogens is 2. The Balaban J connectivity index is 1.74. The van der Waals surface area contributed by atoms with Crippen LogP contribution in [0.2, 0.25) is 0 Å². The summed E-state index contributed by atoms with van der Waals surface area (Å²) < 4.78 is 0. The monoisotopic (exact) mass is 375 g/mol. The van der Waals surface area contributed by atoms with Crippen LogP contribution in [0.4, 0.5) is 17.3 Å². The topological polar surface area (TPSA) is 70.2 Å². The number of carbonyl (C=O) groups is 1. The van der Waals surface area contributed by atoms with Crippen molar-refractivity contribution in [2.75, 3.05) is 24.3 Å². The van der Waals surface area contributed by atoms with Crippen molar-refractivity contribution in [3.63, 3.8) is 0 Å². The van der Waals surface area contributed by atoms with Gasteiger partial charge in [0.25, 0.3) is 5.91 Å². The predicted molar refractivity (Wildman–Crippen MR) is 113 cm³/mol. The lowest BCUT2D eigenvalue weighted by atomic mass is 10.1. The first-order valence-corrected chi connectivity index (χ1v) is 9.18. The third-order valence-electron chi connectivity index (χ3n) is 4.37. The average molecular weight is 375 g/mol. The van der Waals surface area contributed by atoms with E-state index in [0.29, 0.717) is 11.6 Å². The van der Waals surface area contributed by atoms with Crippen molar-refractivity contribution in [3.05, 3.63) is 77.6 Å². The van der Waals surface area contributed by atoms with Crippen LogP contribution in [0.15, 0.2) is 60.7 Å². The molecule has 0 saturated heterocycles. The third kappa shape index (κ3) is 4.85. The molecule has 0 aliphatic carbocycles. The van der Waals surface area contributed by atoms with E-state index in [1.54, 1.807) is 6.07 Å². The van der Waals surface area contributed by atoms with Crippen molar-refractivity contribution in [2.24, 2.45) is 0 Å². The zero-order valence-corrected chi connectivity index (χ0v) is 16.6.